The molecule has 1 heterocycles. The van der Waals surface area contributed by atoms with Gasteiger partial charge >= 0.3 is 5.97 Å². The van der Waals surface area contributed by atoms with E-state index in [4.69, 9.17) is 14.9 Å². The maximum absolute atomic E-state index is 11.3. The molecule has 1 saturated carbocycles. The third kappa shape index (κ3) is 2.49. The number of fused-ring (bicyclic) bond motifs is 1. The molecule has 0 radical (unpaired) electrons. The average molecular weight is 240 g/mol. The van der Waals surface area contributed by atoms with E-state index in [9.17, 15) is 9.59 Å². The van der Waals surface area contributed by atoms with Crippen LogP contribution < -0.4 is 0 Å². The summed E-state index contributed by atoms with van der Waals surface area (Å²) in [5.74, 6) is -0.999. The number of carboxylic acids is 1. The number of hydrogen-bond donors (Lipinski definition) is 2. The van der Waals surface area contributed by atoms with Crippen LogP contribution in [0.25, 0.3) is 0 Å². The number of aliphatic hydroxyl groups is 1. The summed E-state index contributed by atoms with van der Waals surface area (Å²) in [7, 11) is 0. The number of aliphatic carboxylic acids is 1. The Morgan fingerprint density at radius 2 is 2.29 bits per heavy atom. The Bertz CT molecular complexity index is 360. The van der Waals surface area contributed by atoms with Gasteiger partial charge < -0.3 is 14.9 Å². The first-order chi connectivity index (χ1) is 8.11. The highest BCUT2D eigenvalue weighted by Crippen LogP contribution is 2.39. The van der Waals surface area contributed by atoms with E-state index in [0.29, 0.717) is 31.4 Å². The summed E-state index contributed by atoms with van der Waals surface area (Å²) in [6.45, 7) is -0.246. The third-order valence-corrected chi connectivity index (χ3v) is 3.51. The number of ether oxygens (including phenoxy) is 1. The third-order valence-electron chi connectivity index (χ3n) is 3.51. The molecule has 1 saturated heterocycles. The molecule has 2 fully saturated rings. The molecule has 5 nitrogen and oxygen atoms in total. The zero-order chi connectivity index (χ0) is 12.4. The Hall–Kier alpha value is -1.36. The molecule has 3 atom stereocenters. The van der Waals surface area contributed by atoms with Crippen molar-refractivity contribution in [2.75, 3.05) is 6.61 Å². The number of carbonyl (C=O) groups excluding carboxylic acids is 1. The van der Waals surface area contributed by atoms with Crippen molar-refractivity contribution in [1.29, 1.82) is 0 Å². The van der Waals surface area contributed by atoms with Gasteiger partial charge in [-0.05, 0) is 24.8 Å². The lowest BCUT2D eigenvalue weighted by Gasteiger charge is -2.39. The standard InChI is InChI=1S/C12H16O5/c13-4-3-10-9(12(15)16)5-7-1-2-8(14)6-11(7)17-10/h3,7,9,11,13H,1-2,4-6H2,(H,15,16)/b10-3-. The van der Waals surface area contributed by atoms with Crippen LogP contribution in [0.5, 0.6) is 0 Å². The van der Waals surface area contributed by atoms with Crippen LogP contribution in [0.2, 0.25) is 0 Å². The fourth-order valence-corrected chi connectivity index (χ4v) is 2.61. The number of Topliss-reactive ketones (excluding diaryl/α,β-unsaturated/α-hetero) is 1. The SMILES string of the molecule is O=C1CCC2CC(C(=O)O)/C(=C/CO)OC2C1. The van der Waals surface area contributed by atoms with E-state index in [0.717, 1.165) is 0 Å². The molecule has 2 N–H and O–H groups in total. The Labute approximate surface area is 99.1 Å². The number of hydrogen-bond acceptors (Lipinski definition) is 4. The second-order valence-electron chi connectivity index (χ2n) is 4.61. The highest BCUT2D eigenvalue weighted by molar-refractivity contribution is 5.80. The van der Waals surface area contributed by atoms with E-state index < -0.39 is 11.9 Å². The lowest BCUT2D eigenvalue weighted by molar-refractivity contribution is -0.147. The van der Waals surface area contributed by atoms with Gasteiger partial charge in [-0.1, -0.05) is 0 Å². The summed E-state index contributed by atoms with van der Waals surface area (Å²) in [5.41, 5.74) is 0. The van der Waals surface area contributed by atoms with E-state index in [1.807, 2.05) is 0 Å². The number of carbonyl (C=O) groups is 2. The molecular weight excluding hydrogens is 224 g/mol. The van der Waals surface area contributed by atoms with Crippen LogP contribution in [0, 0.1) is 11.8 Å². The number of rotatable bonds is 2. The Morgan fingerprint density at radius 1 is 1.53 bits per heavy atom. The molecule has 17 heavy (non-hydrogen) atoms. The fraction of sp³-hybridized carbons (Fsp3) is 0.667. The van der Waals surface area contributed by atoms with Crippen molar-refractivity contribution in [2.45, 2.75) is 31.8 Å². The molecule has 94 valence electrons. The zero-order valence-electron chi connectivity index (χ0n) is 9.46. The quantitative estimate of drug-likeness (QED) is 0.743. The van der Waals surface area contributed by atoms with Crippen molar-refractivity contribution < 1.29 is 24.5 Å². The summed E-state index contributed by atoms with van der Waals surface area (Å²) in [6.07, 6.45) is 3.27. The molecule has 2 rings (SSSR count). The first kappa shape index (κ1) is 12.1. The predicted molar refractivity (Wildman–Crippen MR) is 58.1 cm³/mol. The molecule has 0 aromatic carbocycles. The molecule has 0 amide bonds. The minimum atomic E-state index is -0.931. The fourth-order valence-electron chi connectivity index (χ4n) is 2.61. The van der Waals surface area contributed by atoms with Gasteiger partial charge in [-0.2, -0.15) is 0 Å². The number of aliphatic hydroxyl groups excluding tert-OH is 1. The van der Waals surface area contributed by atoms with Gasteiger partial charge in [0.1, 0.15) is 23.6 Å². The summed E-state index contributed by atoms with van der Waals surface area (Å²) in [4.78, 5) is 22.4. The molecule has 1 aliphatic carbocycles. The minimum Gasteiger partial charge on any atom is -0.493 e. The summed E-state index contributed by atoms with van der Waals surface area (Å²) in [6, 6.07) is 0. The number of carboxylic acid groups (broad SMARTS) is 1. The Morgan fingerprint density at radius 3 is 2.94 bits per heavy atom. The first-order valence-corrected chi connectivity index (χ1v) is 5.84. The summed E-state index contributed by atoms with van der Waals surface area (Å²) in [5, 5.41) is 18.0. The monoisotopic (exact) mass is 240 g/mol. The first-order valence-electron chi connectivity index (χ1n) is 5.84. The van der Waals surface area contributed by atoms with Crippen molar-refractivity contribution in [2.24, 2.45) is 11.8 Å². The van der Waals surface area contributed by atoms with Crippen molar-refractivity contribution >= 4 is 11.8 Å². The van der Waals surface area contributed by atoms with Crippen LogP contribution in [0.3, 0.4) is 0 Å². The molecule has 0 spiro atoms. The van der Waals surface area contributed by atoms with Gasteiger partial charge in [0.05, 0.1) is 6.61 Å². The predicted octanol–water partition coefficient (Wildman–Crippen LogP) is 0.721. The van der Waals surface area contributed by atoms with E-state index in [1.54, 1.807) is 0 Å². The van der Waals surface area contributed by atoms with Crippen molar-refractivity contribution in [3.8, 4) is 0 Å². The Kier molecular flexibility index (Phi) is 3.47. The zero-order valence-corrected chi connectivity index (χ0v) is 9.46. The topological polar surface area (TPSA) is 83.8 Å². The normalized spacial score (nSPS) is 35.2. The van der Waals surface area contributed by atoms with Crippen LogP contribution >= 0.6 is 0 Å². The molecule has 0 aromatic rings. The maximum Gasteiger partial charge on any atom is 0.314 e. The molecule has 0 aromatic heterocycles. The van der Waals surface area contributed by atoms with E-state index >= 15 is 0 Å². The van der Waals surface area contributed by atoms with E-state index in [1.165, 1.54) is 6.08 Å². The lowest BCUT2D eigenvalue weighted by Crippen LogP contribution is -2.40. The van der Waals surface area contributed by atoms with Gasteiger partial charge in [0.25, 0.3) is 0 Å². The summed E-state index contributed by atoms with van der Waals surface area (Å²) < 4.78 is 5.57. The maximum atomic E-state index is 11.3. The molecule has 1 aliphatic heterocycles. The van der Waals surface area contributed by atoms with Gasteiger partial charge in [0.2, 0.25) is 0 Å². The highest BCUT2D eigenvalue weighted by atomic mass is 16.5. The number of ketones is 1. The van der Waals surface area contributed by atoms with Gasteiger partial charge in [-0.3, -0.25) is 9.59 Å². The van der Waals surface area contributed by atoms with Crippen LogP contribution in [-0.4, -0.2) is 34.7 Å². The molecule has 0 bridgehead atoms. The Balaban J connectivity index is 2.15. The van der Waals surface area contributed by atoms with Crippen molar-refractivity contribution in [3.05, 3.63) is 11.8 Å². The van der Waals surface area contributed by atoms with Crippen molar-refractivity contribution in [3.63, 3.8) is 0 Å². The van der Waals surface area contributed by atoms with Gasteiger partial charge in [-0.25, -0.2) is 0 Å². The molecule has 3 unspecified atom stereocenters. The van der Waals surface area contributed by atoms with Crippen molar-refractivity contribution in [1.82, 2.24) is 0 Å². The van der Waals surface area contributed by atoms with Gasteiger partial charge in [0, 0.05) is 12.8 Å². The van der Waals surface area contributed by atoms with Crippen LogP contribution in [0.15, 0.2) is 11.8 Å². The van der Waals surface area contributed by atoms with Crippen LogP contribution in [0.4, 0.5) is 0 Å². The summed E-state index contributed by atoms with van der Waals surface area (Å²) >= 11 is 0. The van der Waals surface area contributed by atoms with Crippen LogP contribution in [0.1, 0.15) is 25.7 Å². The molecule has 5 heteroatoms. The second kappa shape index (κ2) is 4.87. The minimum absolute atomic E-state index is 0.143. The molecule has 2 aliphatic rings. The average Bonchev–Trinajstić information content (AvgIpc) is 2.28. The van der Waals surface area contributed by atoms with Gasteiger partial charge in [-0.15, -0.1) is 0 Å². The largest absolute Gasteiger partial charge is 0.493 e. The van der Waals surface area contributed by atoms with E-state index in [2.05, 4.69) is 0 Å². The lowest BCUT2D eigenvalue weighted by atomic mass is 9.77. The highest BCUT2D eigenvalue weighted by Gasteiger charge is 2.41. The van der Waals surface area contributed by atoms with Crippen LogP contribution in [-0.2, 0) is 14.3 Å². The smallest absolute Gasteiger partial charge is 0.314 e. The molecular formula is C12H16O5. The van der Waals surface area contributed by atoms with Gasteiger partial charge in [0.15, 0.2) is 0 Å². The second-order valence-corrected chi connectivity index (χ2v) is 4.61. The van der Waals surface area contributed by atoms with E-state index in [-0.39, 0.29) is 24.4 Å².